The van der Waals surface area contributed by atoms with Crippen LogP contribution in [-0.4, -0.2) is 23.8 Å². The largest absolute Gasteiger partial charge is 0.394 e. The van der Waals surface area contributed by atoms with Gasteiger partial charge in [0.15, 0.2) is 0 Å². The van der Waals surface area contributed by atoms with Gasteiger partial charge in [-0.3, -0.25) is 0 Å². The lowest BCUT2D eigenvalue weighted by molar-refractivity contribution is 0.222. The van der Waals surface area contributed by atoms with Crippen LogP contribution in [0.15, 0.2) is 24.3 Å². The van der Waals surface area contributed by atoms with E-state index in [9.17, 15) is 4.79 Å². The van der Waals surface area contributed by atoms with Crippen LogP contribution >= 0.6 is 0 Å². The molecule has 3 N–H and O–H groups in total. The lowest BCUT2D eigenvalue weighted by Crippen LogP contribution is -2.39. The molecule has 4 heteroatoms. The summed E-state index contributed by atoms with van der Waals surface area (Å²) in [5.41, 5.74) is 1.89. The minimum atomic E-state index is -0.287. The lowest BCUT2D eigenvalue weighted by Gasteiger charge is -2.14. The third-order valence-electron chi connectivity index (χ3n) is 2.36. The third-order valence-corrected chi connectivity index (χ3v) is 2.36. The molecule has 1 aromatic rings. The first-order chi connectivity index (χ1) is 7.65. The predicted molar refractivity (Wildman–Crippen MR) is 64.5 cm³/mol. The smallest absolute Gasteiger partial charge is 0.319 e. The van der Waals surface area contributed by atoms with Gasteiger partial charge in [-0.1, -0.05) is 24.6 Å². The second-order valence-electron chi connectivity index (χ2n) is 3.75. The minimum absolute atomic E-state index is 0.0438. The summed E-state index contributed by atoms with van der Waals surface area (Å²) in [6, 6.07) is 7.07. The average molecular weight is 222 g/mol. The molecule has 0 radical (unpaired) electrons. The summed E-state index contributed by atoms with van der Waals surface area (Å²) in [5.74, 6) is 0. The van der Waals surface area contributed by atoms with E-state index < -0.39 is 0 Å². The number of hydrogen-bond acceptors (Lipinski definition) is 2. The summed E-state index contributed by atoms with van der Waals surface area (Å²) in [7, 11) is 0. The van der Waals surface area contributed by atoms with Crippen molar-refractivity contribution in [3.8, 4) is 0 Å². The van der Waals surface area contributed by atoms with E-state index in [1.807, 2.05) is 38.1 Å². The molecule has 0 fully saturated rings. The molecule has 0 saturated carbocycles. The van der Waals surface area contributed by atoms with E-state index in [0.29, 0.717) is 6.42 Å². The molecule has 1 rings (SSSR count). The second kappa shape index (κ2) is 6.12. The van der Waals surface area contributed by atoms with Gasteiger partial charge in [-0.05, 0) is 25.5 Å². The van der Waals surface area contributed by atoms with E-state index in [4.69, 9.17) is 5.11 Å². The number of carbonyl (C=O) groups excluding carboxylic acids is 1. The molecular formula is C12H18N2O2. The summed E-state index contributed by atoms with van der Waals surface area (Å²) < 4.78 is 0. The molecule has 16 heavy (non-hydrogen) atoms. The Labute approximate surface area is 95.7 Å². The fraction of sp³-hybridized carbons (Fsp3) is 0.417. The van der Waals surface area contributed by atoms with Gasteiger partial charge in [-0.15, -0.1) is 0 Å². The van der Waals surface area contributed by atoms with Crippen molar-refractivity contribution in [3.05, 3.63) is 29.8 Å². The number of rotatable bonds is 4. The van der Waals surface area contributed by atoms with Gasteiger partial charge in [0.1, 0.15) is 0 Å². The maximum Gasteiger partial charge on any atom is 0.319 e. The highest BCUT2D eigenvalue weighted by Gasteiger charge is 2.08. The summed E-state index contributed by atoms with van der Waals surface area (Å²) in [6.45, 7) is 3.85. The van der Waals surface area contributed by atoms with E-state index in [2.05, 4.69) is 10.6 Å². The van der Waals surface area contributed by atoms with E-state index in [0.717, 1.165) is 11.3 Å². The van der Waals surface area contributed by atoms with E-state index in [-0.39, 0.29) is 18.7 Å². The number of hydrogen-bond donors (Lipinski definition) is 3. The molecule has 0 spiro atoms. The van der Waals surface area contributed by atoms with Crippen LogP contribution in [0.5, 0.6) is 0 Å². The van der Waals surface area contributed by atoms with Gasteiger partial charge in [-0.2, -0.15) is 0 Å². The monoisotopic (exact) mass is 222 g/mol. The molecule has 88 valence electrons. The van der Waals surface area contributed by atoms with E-state index in [1.54, 1.807) is 0 Å². The first-order valence-electron chi connectivity index (χ1n) is 5.40. The Kier molecular flexibility index (Phi) is 4.79. The molecule has 0 bridgehead atoms. The first kappa shape index (κ1) is 12.5. The number of nitrogens with one attached hydrogen (secondary N) is 2. The molecule has 0 aliphatic carbocycles. The van der Waals surface area contributed by atoms with Crippen LogP contribution in [0.3, 0.4) is 0 Å². The second-order valence-corrected chi connectivity index (χ2v) is 3.75. The minimum Gasteiger partial charge on any atom is -0.394 e. The van der Waals surface area contributed by atoms with Crippen molar-refractivity contribution in [1.82, 2.24) is 5.32 Å². The van der Waals surface area contributed by atoms with Gasteiger partial charge in [0.2, 0.25) is 0 Å². The summed E-state index contributed by atoms with van der Waals surface area (Å²) in [5, 5.41) is 14.3. The van der Waals surface area contributed by atoms with Crippen molar-refractivity contribution < 1.29 is 9.90 Å². The topological polar surface area (TPSA) is 61.4 Å². The van der Waals surface area contributed by atoms with Gasteiger partial charge >= 0.3 is 6.03 Å². The highest BCUT2D eigenvalue weighted by atomic mass is 16.3. The van der Waals surface area contributed by atoms with E-state index in [1.165, 1.54) is 0 Å². The van der Waals surface area contributed by atoms with Crippen molar-refractivity contribution in [2.45, 2.75) is 26.3 Å². The van der Waals surface area contributed by atoms with Crippen molar-refractivity contribution in [3.63, 3.8) is 0 Å². The number of anilines is 1. The molecule has 0 saturated heterocycles. The highest BCUT2D eigenvalue weighted by Crippen LogP contribution is 2.08. The third kappa shape index (κ3) is 3.90. The van der Waals surface area contributed by atoms with Crippen LogP contribution in [0, 0.1) is 6.92 Å². The number of benzene rings is 1. The average Bonchev–Trinajstić information content (AvgIpc) is 2.29. The Bertz CT molecular complexity index is 331. The first-order valence-corrected chi connectivity index (χ1v) is 5.40. The van der Waals surface area contributed by atoms with Gasteiger partial charge in [0.25, 0.3) is 0 Å². The van der Waals surface area contributed by atoms with Crippen LogP contribution in [0.4, 0.5) is 10.5 Å². The lowest BCUT2D eigenvalue weighted by atomic mass is 10.2. The van der Waals surface area contributed by atoms with Crippen molar-refractivity contribution in [1.29, 1.82) is 0 Å². The standard InChI is InChI=1S/C12H18N2O2/c1-3-10(8-15)13-12(16)14-11-6-4-9(2)5-7-11/h4-7,10,15H,3,8H2,1-2H3,(H2,13,14,16)/t10-/m0/s1. The molecule has 2 amide bonds. The molecule has 0 unspecified atom stereocenters. The van der Waals surface area contributed by atoms with Crippen molar-refractivity contribution in [2.75, 3.05) is 11.9 Å². The van der Waals surface area contributed by atoms with Crippen LogP contribution in [-0.2, 0) is 0 Å². The number of aryl methyl sites for hydroxylation is 1. The van der Waals surface area contributed by atoms with Crippen LogP contribution in [0.2, 0.25) is 0 Å². The number of amides is 2. The summed E-state index contributed by atoms with van der Waals surface area (Å²) in [6.07, 6.45) is 0.706. The van der Waals surface area contributed by atoms with E-state index >= 15 is 0 Å². The summed E-state index contributed by atoms with van der Waals surface area (Å²) in [4.78, 5) is 11.5. The Hall–Kier alpha value is -1.55. The summed E-state index contributed by atoms with van der Waals surface area (Å²) >= 11 is 0. The van der Waals surface area contributed by atoms with Gasteiger partial charge in [-0.25, -0.2) is 4.79 Å². The quantitative estimate of drug-likeness (QED) is 0.728. The molecule has 4 nitrogen and oxygen atoms in total. The number of aliphatic hydroxyl groups is 1. The Morgan fingerprint density at radius 3 is 2.50 bits per heavy atom. The number of carbonyl (C=O) groups is 1. The number of urea groups is 1. The fourth-order valence-corrected chi connectivity index (χ4v) is 1.27. The fourth-order valence-electron chi connectivity index (χ4n) is 1.27. The predicted octanol–water partition coefficient (Wildman–Crippen LogP) is 1.89. The SMILES string of the molecule is CC[C@@H](CO)NC(=O)Nc1ccc(C)cc1. The maximum absolute atomic E-state index is 11.5. The molecule has 0 aromatic heterocycles. The molecule has 1 atom stereocenters. The molecule has 1 aromatic carbocycles. The zero-order valence-corrected chi connectivity index (χ0v) is 9.66. The van der Waals surface area contributed by atoms with Crippen molar-refractivity contribution >= 4 is 11.7 Å². The van der Waals surface area contributed by atoms with Crippen LogP contribution in [0.25, 0.3) is 0 Å². The molecule has 0 aliphatic heterocycles. The molecular weight excluding hydrogens is 204 g/mol. The molecule has 0 aliphatic rings. The zero-order valence-electron chi connectivity index (χ0n) is 9.66. The normalized spacial score (nSPS) is 11.9. The van der Waals surface area contributed by atoms with Gasteiger partial charge in [0, 0.05) is 5.69 Å². The molecule has 0 heterocycles. The zero-order chi connectivity index (χ0) is 12.0. The van der Waals surface area contributed by atoms with Crippen LogP contribution < -0.4 is 10.6 Å². The Balaban J connectivity index is 2.48. The number of aliphatic hydroxyl groups excluding tert-OH is 1. The van der Waals surface area contributed by atoms with Gasteiger partial charge in [0.05, 0.1) is 12.6 Å². The van der Waals surface area contributed by atoms with Crippen LogP contribution in [0.1, 0.15) is 18.9 Å². The Morgan fingerprint density at radius 2 is 2.00 bits per heavy atom. The highest BCUT2D eigenvalue weighted by molar-refractivity contribution is 5.89. The Morgan fingerprint density at radius 1 is 1.38 bits per heavy atom. The van der Waals surface area contributed by atoms with Gasteiger partial charge < -0.3 is 15.7 Å². The van der Waals surface area contributed by atoms with Crippen molar-refractivity contribution in [2.24, 2.45) is 0 Å². The maximum atomic E-state index is 11.5.